The summed E-state index contributed by atoms with van der Waals surface area (Å²) in [5, 5.41) is 15.5. The van der Waals surface area contributed by atoms with Crippen LogP contribution in [0, 0.1) is 18.3 Å². The van der Waals surface area contributed by atoms with E-state index in [4.69, 9.17) is 5.26 Å². The third-order valence-electron chi connectivity index (χ3n) is 2.58. The van der Waals surface area contributed by atoms with E-state index in [9.17, 15) is 4.79 Å². The second-order valence-electron chi connectivity index (χ2n) is 4.00. The predicted octanol–water partition coefficient (Wildman–Crippen LogP) is 1.75. The first-order valence-electron chi connectivity index (χ1n) is 5.83. The summed E-state index contributed by atoms with van der Waals surface area (Å²) < 4.78 is 1.70. The Labute approximate surface area is 110 Å². The number of pyridine rings is 1. The van der Waals surface area contributed by atoms with Gasteiger partial charge in [-0.15, -0.1) is 0 Å². The molecule has 0 unspecified atom stereocenters. The molecule has 2 aromatic rings. The van der Waals surface area contributed by atoms with Gasteiger partial charge in [0.25, 0.3) is 5.91 Å². The zero-order chi connectivity index (χ0) is 13.7. The summed E-state index contributed by atoms with van der Waals surface area (Å²) in [4.78, 5) is 15.8. The SMILES string of the molecule is Cc1cc(NC(=O)c2cccnc2)nn1CCC#N. The largest absolute Gasteiger partial charge is 0.305 e. The number of nitrogens with one attached hydrogen (secondary N) is 1. The van der Waals surface area contributed by atoms with Crippen molar-refractivity contribution in [2.45, 2.75) is 19.9 Å². The normalized spacial score (nSPS) is 9.89. The lowest BCUT2D eigenvalue weighted by atomic mass is 10.3. The zero-order valence-corrected chi connectivity index (χ0v) is 10.5. The van der Waals surface area contributed by atoms with Crippen molar-refractivity contribution in [2.24, 2.45) is 0 Å². The number of amides is 1. The molecule has 0 aliphatic heterocycles. The summed E-state index contributed by atoms with van der Waals surface area (Å²) in [6, 6.07) is 7.21. The van der Waals surface area contributed by atoms with Gasteiger partial charge >= 0.3 is 0 Å². The van der Waals surface area contributed by atoms with Crippen LogP contribution in [0.2, 0.25) is 0 Å². The number of carbonyl (C=O) groups excluding carboxylic acids is 1. The fourth-order valence-electron chi connectivity index (χ4n) is 1.64. The molecule has 0 spiro atoms. The number of nitriles is 1. The smallest absolute Gasteiger partial charge is 0.258 e. The molecule has 2 heterocycles. The molecule has 6 heteroatoms. The molecule has 0 fully saturated rings. The van der Waals surface area contributed by atoms with Gasteiger partial charge in [-0.05, 0) is 19.1 Å². The van der Waals surface area contributed by atoms with Crippen LogP contribution in [0.25, 0.3) is 0 Å². The average molecular weight is 255 g/mol. The highest BCUT2D eigenvalue weighted by molar-refractivity contribution is 6.03. The van der Waals surface area contributed by atoms with E-state index in [1.165, 1.54) is 6.20 Å². The van der Waals surface area contributed by atoms with E-state index in [2.05, 4.69) is 21.5 Å². The maximum absolute atomic E-state index is 11.9. The zero-order valence-electron chi connectivity index (χ0n) is 10.5. The standard InChI is InChI=1S/C13H13N5O/c1-10-8-12(17-18(10)7-3-5-14)16-13(19)11-4-2-6-15-9-11/h2,4,6,8-9H,3,7H2,1H3,(H,16,17,19). The van der Waals surface area contributed by atoms with Gasteiger partial charge in [0.1, 0.15) is 0 Å². The number of rotatable bonds is 4. The molecule has 6 nitrogen and oxygen atoms in total. The van der Waals surface area contributed by atoms with Crippen LogP contribution in [0.1, 0.15) is 22.5 Å². The Kier molecular flexibility index (Phi) is 3.88. The number of carbonyl (C=O) groups is 1. The molecule has 0 radical (unpaired) electrons. The van der Waals surface area contributed by atoms with Gasteiger partial charge in [0.2, 0.25) is 0 Å². The van der Waals surface area contributed by atoms with Crippen LogP contribution in [0.5, 0.6) is 0 Å². The van der Waals surface area contributed by atoms with Crippen LogP contribution in [0.4, 0.5) is 5.82 Å². The topological polar surface area (TPSA) is 83.6 Å². The molecule has 0 aliphatic rings. The van der Waals surface area contributed by atoms with Crippen LogP contribution >= 0.6 is 0 Å². The minimum absolute atomic E-state index is 0.252. The van der Waals surface area contributed by atoms with Gasteiger partial charge in [0, 0.05) is 24.2 Å². The Hall–Kier alpha value is -2.68. The maximum atomic E-state index is 11.9. The average Bonchev–Trinajstić information content (AvgIpc) is 2.77. The van der Waals surface area contributed by atoms with Gasteiger partial charge in [-0.2, -0.15) is 10.4 Å². The first-order chi connectivity index (χ1) is 9.20. The van der Waals surface area contributed by atoms with Crippen molar-refractivity contribution < 1.29 is 4.79 Å². The van der Waals surface area contributed by atoms with Gasteiger partial charge in [0.15, 0.2) is 5.82 Å². The van der Waals surface area contributed by atoms with Gasteiger partial charge in [0.05, 0.1) is 24.6 Å². The summed E-state index contributed by atoms with van der Waals surface area (Å²) >= 11 is 0. The van der Waals surface area contributed by atoms with E-state index in [1.807, 2.05) is 6.92 Å². The van der Waals surface area contributed by atoms with Crippen molar-refractivity contribution >= 4 is 11.7 Å². The van der Waals surface area contributed by atoms with Crippen LogP contribution in [0.15, 0.2) is 30.6 Å². The highest BCUT2D eigenvalue weighted by atomic mass is 16.1. The summed E-state index contributed by atoms with van der Waals surface area (Å²) in [7, 11) is 0. The van der Waals surface area contributed by atoms with Crippen molar-refractivity contribution in [2.75, 3.05) is 5.32 Å². The molecular weight excluding hydrogens is 242 g/mol. The molecule has 0 saturated heterocycles. The van der Waals surface area contributed by atoms with Crippen LogP contribution < -0.4 is 5.32 Å². The van der Waals surface area contributed by atoms with Crippen LogP contribution in [-0.2, 0) is 6.54 Å². The van der Waals surface area contributed by atoms with Gasteiger partial charge in [-0.25, -0.2) is 0 Å². The Bertz CT molecular complexity index is 612. The minimum atomic E-state index is -0.252. The van der Waals surface area contributed by atoms with Crippen molar-refractivity contribution in [3.63, 3.8) is 0 Å². The van der Waals surface area contributed by atoms with Crippen LogP contribution in [-0.4, -0.2) is 20.7 Å². The summed E-state index contributed by atoms with van der Waals surface area (Å²) in [6.45, 7) is 2.40. The number of hydrogen-bond donors (Lipinski definition) is 1. The van der Waals surface area contributed by atoms with Crippen LogP contribution in [0.3, 0.4) is 0 Å². The van der Waals surface area contributed by atoms with E-state index in [1.54, 1.807) is 29.1 Å². The Morgan fingerprint density at radius 3 is 3.11 bits per heavy atom. The lowest BCUT2D eigenvalue weighted by Gasteiger charge is -2.01. The molecule has 1 amide bonds. The third kappa shape index (κ3) is 3.16. The molecule has 19 heavy (non-hydrogen) atoms. The molecule has 2 aromatic heterocycles. The monoisotopic (exact) mass is 255 g/mol. The Balaban J connectivity index is 2.08. The van der Waals surface area contributed by atoms with Crippen molar-refractivity contribution in [3.8, 4) is 6.07 Å². The number of anilines is 1. The van der Waals surface area contributed by atoms with E-state index in [-0.39, 0.29) is 5.91 Å². The van der Waals surface area contributed by atoms with Gasteiger partial charge in [-0.3, -0.25) is 14.5 Å². The Morgan fingerprint density at radius 1 is 1.58 bits per heavy atom. The highest BCUT2D eigenvalue weighted by Crippen LogP contribution is 2.10. The van der Waals surface area contributed by atoms with Gasteiger partial charge in [-0.1, -0.05) is 0 Å². The van der Waals surface area contributed by atoms with E-state index in [0.717, 1.165) is 5.69 Å². The van der Waals surface area contributed by atoms with Crippen molar-refractivity contribution in [3.05, 3.63) is 41.9 Å². The fourth-order valence-corrected chi connectivity index (χ4v) is 1.64. The summed E-state index contributed by atoms with van der Waals surface area (Å²) in [6.07, 6.45) is 3.49. The number of nitrogens with zero attached hydrogens (tertiary/aromatic N) is 4. The quantitative estimate of drug-likeness (QED) is 0.902. The predicted molar refractivity (Wildman–Crippen MR) is 69.4 cm³/mol. The molecule has 1 N–H and O–H groups in total. The number of aryl methyl sites for hydroxylation is 2. The molecule has 0 aliphatic carbocycles. The van der Waals surface area contributed by atoms with Gasteiger partial charge < -0.3 is 5.32 Å². The summed E-state index contributed by atoms with van der Waals surface area (Å²) in [5.41, 5.74) is 1.38. The lowest BCUT2D eigenvalue weighted by Crippen LogP contribution is -2.13. The third-order valence-corrected chi connectivity index (χ3v) is 2.58. The second kappa shape index (κ2) is 5.78. The second-order valence-corrected chi connectivity index (χ2v) is 4.00. The lowest BCUT2D eigenvalue weighted by molar-refractivity contribution is 0.102. The first-order valence-corrected chi connectivity index (χ1v) is 5.83. The maximum Gasteiger partial charge on any atom is 0.258 e. The molecule has 96 valence electrons. The highest BCUT2D eigenvalue weighted by Gasteiger charge is 2.09. The van der Waals surface area contributed by atoms with Crippen molar-refractivity contribution in [1.82, 2.24) is 14.8 Å². The van der Waals surface area contributed by atoms with E-state index >= 15 is 0 Å². The minimum Gasteiger partial charge on any atom is -0.305 e. The van der Waals surface area contributed by atoms with E-state index < -0.39 is 0 Å². The number of aromatic nitrogens is 3. The van der Waals surface area contributed by atoms with Crippen molar-refractivity contribution in [1.29, 1.82) is 5.26 Å². The molecule has 0 saturated carbocycles. The molecule has 0 bridgehead atoms. The molecular formula is C13H13N5O. The fraction of sp³-hybridized carbons (Fsp3) is 0.231. The number of hydrogen-bond acceptors (Lipinski definition) is 4. The molecule has 2 rings (SSSR count). The first kappa shape index (κ1) is 12.8. The Morgan fingerprint density at radius 2 is 2.42 bits per heavy atom. The summed E-state index contributed by atoms with van der Waals surface area (Å²) in [5.74, 6) is 0.224. The molecule has 0 aromatic carbocycles. The molecule has 0 atom stereocenters. The van der Waals surface area contributed by atoms with E-state index in [0.29, 0.717) is 24.3 Å².